The van der Waals surface area contributed by atoms with Crippen molar-refractivity contribution in [3.8, 4) is 0 Å². The molecule has 0 aliphatic carbocycles. The Balaban J connectivity index is 1.67. The highest BCUT2D eigenvalue weighted by Crippen LogP contribution is 2.57. The van der Waals surface area contributed by atoms with E-state index in [9.17, 15) is 14.4 Å². The van der Waals surface area contributed by atoms with Gasteiger partial charge >= 0.3 is 0 Å². The number of aryl methyl sites for hydroxylation is 1. The number of benzene rings is 2. The summed E-state index contributed by atoms with van der Waals surface area (Å²) in [5, 5.41) is 4.88. The van der Waals surface area contributed by atoms with Gasteiger partial charge in [-0.2, -0.15) is 0 Å². The molecule has 0 saturated carbocycles. The van der Waals surface area contributed by atoms with Crippen molar-refractivity contribution in [2.75, 3.05) is 10.2 Å². The van der Waals surface area contributed by atoms with Crippen molar-refractivity contribution in [1.82, 2.24) is 0 Å². The van der Waals surface area contributed by atoms with Gasteiger partial charge in [-0.3, -0.25) is 14.4 Å². The van der Waals surface area contributed by atoms with Crippen LogP contribution in [0.3, 0.4) is 0 Å². The number of para-hydroxylation sites is 1. The lowest BCUT2D eigenvalue weighted by molar-refractivity contribution is -0.122. The SMILES string of the molecule is CC(=O)[C@@H]1[C@H](C(=O)c2cccs2)[C@]2(C(=O)Nc3ccccc32)[C@@H]2C=Cc3cc(C)ccc3N12. The first-order chi connectivity index (χ1) is 15.9. The predicted octanol–water partition coefficient (Wildman–Crippen LogP) is 4.62. The summed E-state index contributed by atoms with van der Waals surface area (Å²) >= 11 is 1.35. The summed E-state index contributed by atoms with van der Waals surface area (Å²) in [4.78, 5) is 43.8. The van der Waals surface area contributed by atoms with Crippen molar-refractivity contribution in [2.45, 2.75) is 31.3 Å². The van der Waals surface area contributed by atoms with Crippen molar-refractivity contribution >= 4 is 46.3 Å². The number of rotatable bonds is 3. The molecule has 0 unspecified atom stereocenters. The number of amides is 1. The average Bonchev–Trinajstić information content (AvgIpc) is 3.50. The van der Waals surface area contributed by atoms with Crippen molar-refractivity contribution in [1.29, 1.82) is 0 Å². The Morgan fingerprint density at radius 3 is 2.67 bits per heavy atom. The topological polar surface area (TPSA) is 66.5 Å². The van der Waals surface area contributed by atoms with Crippen LogP contribution in [0.5, 0.6) is 0 Å². The molecule has 3 aromatic rings. The number of nitrogens with one attached hydrogen (secondary N) is 1. The minimum atomic E-state index is -1.20. The molecule has 3 aliphatic rings. The number of hydrogen-bond donors (Lipinski definition) is 1. The Hall–Kier alpha value is -3.51. The van der Waals surface area contributed by atoms with Crippen LogP contribution in [-0.2, 0) is 15.0 Å². The second-order valence-corrected chi connectivity index (χ2v) is 9.96. The van der Waals surface area contributed by atoms with E-state index in [0.717, 1.165) is 22.4 Å². The maximum atomic E-state index is 14.1. The fourth-order valence-electron chi connectivity index (χ4n) is 6.02. The molecule has 1 spiro atoms. The van der Waals surface area contributed by atoms with Crippen LogP contribution in [0.25, 0.3) is 6.08 Å². The number of carbonyl (C=O) groups excluding carboxylic acids is 3. The maximum Gasteiger partial charge on any atom is 0.238 e. The molecule has 1 saturated heterocycles. The first kappa shape index (κ1) is 20.1. The van der Waals surface area contributed by atoms with Gasteiger partial charge in [0, 0.05) is 11.4 Å². The molecular formula is C27H22N2O3S. The molecule has 1 fully saturated rings. The largest absolute Gasteiger partial charge is 0.352 e. The van der Waals surface area contributed by atoms with Crippen LogP contribution in [0, 0.1) is 12.8 Å². The monoisotopic (exact) mass is 454 g/mol. The predicted molar refractivity (Wildman–Crippen MR) is 130 cm³/mol. The van der Waals surface area contributed by atoms with Crippen LogP contribution in [0.1, 0.15) is 33.3 Å². The lowest BCUT2D eigenvalue weighted by atomic mass is 9.65. The van der Waals surface area contributed by atoms with E-state index < -0.39 is 23.4 Å². The minimum Gasteiger partial charge on any atom is -0.352 e. The summed E-state index contributed by atoms with van der Waals surface area (Å²) in [6.07, 6.45) is 4.02. The molecule has 1 aromatic heterocycles. The van der Waals surface area contributed by atoms with Gasteiger partial charge in [-0.05, 0) is 54.6 Å². The molecule has 1 amide bonds. The van der Waals surface area contributed by atoms with Crippen LogP contribution < -0.4 is 10.2 Å². The first-order valence-electron chi connectivity index (χ1n) is 11.0. The summed E-state index contributed by atoms with van der Waals surface area (Å²) in [7, 11) is 0. The van der Waals surface area contributed by atoms with E-state index in [1.807, 2.05) is 71.8 Å². The molecule has 0 bridgehead atoms. The summed E-state index contributed by atoms with van der Waals surface area (Å²) in [5.74, 6) is -1.35. The zero-order valence-corrected chi connectivity index (χ0v) is 19.1. The molecule has 3 aliphatic heterocycles. The zero-order chi connectivity index (χ0) is 22.9. The molecule has 5 nitrogen and oxygen atoms in total. The van der Waals surface area contributed by atoms with Crippen LogP contribution in [-0.4, -0.2) is 29.6 Å². The summed E-state index contributed by atoms with van der Waals surface area (Å²) < 4.78 is 0. The standard InChI is InChI=1S/C27H22N2O3S/c1-15-9-11-20-17(14-15)10-12-22-27(18-6-3-4-7-19(18)28-26(27)32)23(24(16(2)30)29(20)22)25(31)21-8-5-13-33-21/h3-14,22-24H,1-2H3,(H,28,32)/t22-,23+,24+,27+/m0/s1. The van der Waals surface area contributed by atoms with E-state index in [4.69, 9.17) is 0 Å². The second kappa shape index (κ2) is 6.99. The number of nitrogens with zero attached hydrogens (tertiary/aromatic N) is 1. The van der Waals surface area contributed by atoms with E-state index in [1.165, 1.54) is 18.3 Å². The first-order valence-corrected chi connectivity index (χ1v) is 11.9. The van der Waals surface area contributed by atoms with E-state index in [1.54, 1.807) is 6.07 Å². The van der Waals surface area contributed by atoms with Crippen LogP contribution in [0.15, 0.2) is 66.1 Å². The van der Waals surface area contributed by atoms with E-state index in [-0.39, 0.29) is 17.5 Å². The van der Waals surface area contributed by atoms with Gasteiger partial charge in [0.25, 0.3) is 0 Å². The fraction of sp³-hybridized carbons (Fsp3) is 0.222. The molecule has 1 N–H and O–H groups in total. The van der Waals surface area contributed by atoms with Crippen molar-refractivity contribution in [2.24, 2.45) is 5.92 Å². The van der Waals surface area contributed by atoms with Crippen LogP contribution >= 0.6 is 11.3 Å². The zero-order valence-electron chi connectivity index (χ0n) is 18.2. The van der Waals surface area contributed by atoms with Gasteiger partial charge in [-0.25, -0.2) is 0 Å². The molecule has 6 heteroatoms. The Bertz CT molecular complexity index is 1360. The van der Waals surface area contributed by atoms with Gasteiger partial charge in [0.15, 0.2) is 11.6 Å². The van der Waals surface area contributed by atoms with Crippen molar-refractivity contribution in [3.05, 3.63) is 87.6 Å². The number of anilines is 2. The third kappa shape index (κ3) is 2.55. The summed E-state index contributed by atoms with van der Waals surface area (Å²) in [5.41, 5.74) is 3.27. The molecule has 4 heterocycles. The number of fused-ring (bicyclic) bond motifs is 6. The highest BCUT2D eigenvalue weighted by atomic mass is 32.1. The summed E-state index contributed by atoms with van der Waals surface area (Å²) in [6, 6.07) is 16.0. The van der Waals surface area contributed by atoms with Gasteiger partial charge in [0.05, 0.1) is 22.9 Å². The quantitative estimate of drug-likeness (QED) is 0.587. The molecule has 2 aromatic carbocycles. The van der Waals surface area contributed by atoms with Crippen LogP contribution in [0.2, 0.25) is 0 Å². The lowest BCUT2D eigenvalue weighted by Crippen LogP contribution is -2.51. The fourth-order valence-corrected chi connectivity index (χ4v) is 6.73. The molecule has 164 valence electrons. The highest BCUT2D eigenvalue weighted by molar-refractivity contribution is 7.12. The Morgan fingerprint density at radius 2 is 1.91 bits per heavy atom. The molecule has 0 radical (unpaired) electrons. The third-order valence-electron chi connectivity index (χ3n) is 7.25. The number of carbonyl (C=O) groups is 3. The Morgan fingerprint density at radius 1 is 1.09 bits per heavy atom. The number of Topliss-reactive ketones (excluding diaryl/α,β-unsaturated/α-hetero) is 2. The van der Waals surface area contributed by atoms with Gasteiger partial charge in [-0.15, -0.1) is 11.3 Å². The lowest BCUT2D eigenvalue weighted by Gasteiger charge is -2.37. The van der Waals surface area contributed by atoms with E-state index in [0.29, 0.717) is 10.6 Å². The van der Waals surface area contributed by atoms with E-state index in [2.05, 4.69) is 11.4 Å². The number of thiophene rings is 1. The normalized spacial score (nSPS) is 26.7. The maximum absolute atomic E-state index is 14.1. The van der Waals surface area contributed by atoms with Gasteiger partial charge in [0.2, 0.25) is 5.91 Å². The van der Waals surface area contributed by atoms with Gasteiger partial charge in [0.1, 0.15) is 5.41 Å². The Kier molecular flexibility index (Phi) is 4.26. The third-order valence-corrected chi connectivity index (χ3v) is 8.14. The minimum absolute atomic E-state index is 0.120. The smallest absolute Gasteiger partial charge is 0.238 e. The van der Waals surface area contributed by atoms with Gasteiger partial charge < -0.3 is 10.2 Å². The Labute approximate surface area is 195 Å². The average molecular weight is 455 g/mol. The molecular weight excluding hydrogens is 432 g/mol. The van der Waals surface area contributed by atoms with Crippen LogP contribution in [0.4, 0.5) is 11.4 Å². The number of hydrogen-bond acceptors (Lipinski definition) is 5. The van der Waals surface area contributed by atoms with Gasteiger partial charge in [-0.1, -0.05) is 48.0 Å². The van der Waals surface area contributed by atoms with Crippen molar-refractivity contribution in [3.63, 3.8) is 0 Å². The molecule has 33 heavy (non-hydrogen) atoms. The molecule has 4 atom stereocenters. The molecule has 6 rings (SSSR count). The second-order valence-electron chi connectivity index (χ2n) is 9.02. The van der Waals surface area contributed by atoms with E-state index >= 15 is 0 Å². The highest BCUT2D eigenvalue weighted by Gasteiger charge is 2.69. The summed E-state index contributed by atoms with van der Waals surface area (Å²) in [6.45, 7) is 3.55. The number of ketones is 2. The van der Waals surface area contributed by atoms with Crippen molar-refractivity contribution < 1.29 is 14.4 Å².